The average molecular weight is 310 g/mol. The van der Waals surface area contributed by atoms with Gasteiger partial charge in [0.25, 0.3) is 0 Å². The number of rotatable bonds is 4. The number of nitrogens with one attached hydrogen (secondary N) is 1. The highest BCUT2D eigenvalue weighted by Crippen LogP contribution is 2.31. The van der Waals surface area contributed by atoms with E-state index in [2.05, 4.69) is 20.7 Å². The summed E-state index contributed by atoms with van der Waals surface area (Å²) >= 11 is 4.74. The summed E-state index contributed by atoms with van der Waals surface area (Å²) in [5.74, 6) is 0.558. The molecule has 1 saturated carbocycles. The first-order valence-corrected chi connectivity index (χ1v) is 7.84. The monoisotopic (exact) mass is 309 g/mol. The van der Waals surface area contributed by atoms with Gasteiger partial charge in [0.1, 0.15) is 0 Å². The second kappa shape index (κ2) is 4.16. The fourth-order valence-electron chi connectivity index (χ4n) is 1.32. The second-order valence-corrected chi connectivity index (χ2v) is 8.14. The van der Waals surface area contributed by atoms with Crippen molar-refractivity contribution < 1.29 is 8.42 Å². The van der Waals surface area contributed by atoms with Crippen LogP contribution in [0.4, 0.5) is 0 Å². The maximum Gasteiger partial charge on any atom is 0.241 e. The molecule has 1 aromatic heterocycles. The Balaban J connectivity index is 2.16. The van der Waals surface area contributed by atoms with Gasteiger partial charge in [-0.3, -0.25) is 0 Å². The van der Waals surface area contributed by atoms with E-state index in [0.717, 1.165) is 21.5 Å². The van der Waals surface area contributed by atoms with E-state index >= 15 is 0 Å². The van der Waals surface area contributed by atoms with Gasteiger partial charge in [-0.1, -0.05) is 0 Å². The van der Waals surface area contributed by atoms with Crippen molar-refractivity contribution in [2.45, 2.75) is 24.7 Å². The van der Waals surface area contributed by atoms with Crippen molar-refractivity contribution in [1.82, 2.24) is 4.72 Å². The van der Waals surface area contributed by atoms with Gasteiger partial charge in [0.05, 0.1) is 8.68 Å². The molecule has 0 saturated heterocycles. The van der Waals surface area contributed by atoms with Crippen LogP contribution in [0, 0.1) is 12.8 Å². The lowest BCUT2D eigenvalue weighted by Crippen LogP contribution is -2.25. The van der Waals surface area contributed by atoms with E-state index < -0.39 is 10.0 Å². The lowest BCUT2D eigenvalue weighted by atomic mass is 10.4. The minimum absolute atomic E-state index is 0.403. The summed E-state index contributed by atoms with van der Waals surface area (Å²) in [6.07, 6.45) is 2.30. The summed E-state index contributed by atoms with van der Waals surface area (Å²) in [5, 5.41) is 0. The van der Waals surface area contributed by atoms with Crippen LogP contribution in [-0.2, 0) is 10.0 Å². The molecule has 1 heterocycles. The predicted molar refractivity (Wildman–Crippen MR) is 64.7 cm³/mol. The summed E-state index contributed by atoms with van der Waals surface area (Å²) < 4.78 is 27.2. The van der Waals surface area contributed by atoms with E-state index in [1.54, 1.807) is 6.07 Å². The summed E-state index contributed by atoms with van der Waals surface area (Å²) in [5.41, 5.74) is 0. The molecule has 1 N–H and O–H groups in total. The van der Waals surface area contributed by atoms with Gasteiger partial charge in [-0.25, -0.2) is 13.1 Å². The minimum atomic E-state index is -3.29. The van der Waals surface area contributed by atoms with Crippen molar-refractivity contribution in [3.8, 4) is 0 Å². The van der Waals surface area contributed by atoms with Crippen LogP contribution in [0.25, 0.3) is 0 Å². The van der Waals surface area contributed by atoms with Gasteiger partial charge >= 0.3 is 0 Å². The Labute approximate surface area is 102 Å². The van der Waals surface area contributed by atoms with Crippen LogP contribution < -0.4 is 4.72 Å². The van der Waals surface area contributed by atoms with Crippen LogP contribution in [0.15, 0.2) is 14.7 Å². The van der Waals surface area contributed by atoms with Crippen molar-refractivity contribution in [3.63, 3.8) is 0 Å². The molecule has 0 unspecified atom stereocenters. The van der Waals surface area contributed by atoms with Crippen molar-refractivity contribution in [2.75, 3.05) is 6.54 Å². The third-order valence-corrected chi connectivity index (χ3v) is 5.62. The number of thiophene rings is 1. The molecule has 0 amide bonds. The normalized spacial score (nSPS) is 16.9. The molecule has 0 aliphatic heterocycles. The largest absolute Gasteiger partial charge is 0.241 e. The molecule has 84 valence electrons. The van der Waals surface area contributed by atoms with Gasteiger partial charge in [0, 0.05) is 11.4 Å². The highest BCUT2D eigenvalue weighted by atomic mass is 79.9. The van der Waals surface area contributed by atoms with Crippen LogP contribution in [-0.4, -0.2) is 15.0 Å². The van der Waals surface area contributed by atoms with E-state index in [4.69, 9.17) is 0 Å². The number of sulfonamides is 1. The quantitative estimate of drug-likeness (QED) is 0.929. The zero-order valence-corrected chi connectivity index (χ0v) is 11.5. The molecule has 0 atom stereocenters. The predicted octanol–water partition coefficient (Wildman–Crippen LogP) is 2.51. The smallest absolute Gasteiger partial charge is 0.211 e. The minimum Gasteiger partial charge on any atom is -0.211 e. The molecule has 6 heteroatoms. The van der Waals surface area contributed by atoms with E-state index in [1.165, 1.54) is 11.3 Å². The molecular formula is C9H12BrNO2S2. The molecule has 1 fully saturated rings. The fraction of sp³-hybridized carbons (Fsp3) is 0.556. The molecule has 0 bridgehead atoms. The molecule has 0 radical (unpaired) electrons. The Kier molecular flexibility index (Phi) is 3.21. The number of aryl methyl sites for hydroxylation is 1. The third kappa shape index (κ3) is 2.81. The van der Waals surface area contributed by atoms with Crippen LogP contribution in [0.1, 0.15) is 17.7 Å². The first kappa shape index (κ1) is 11.6. The Morgan fingerprint density at radius 1 is 1.60 bits per heavy atom. The van der Waals surface area contributed by atoms with E-state index in [0.29, 0.717) is 17.4 Å². The molecule has 3 nitrogen and oxygen atoms in total. The van der Waals surface area contributed by atoms with Gasteiger partial charge in [-0.15, -0.1) is 11.3 Å². The standard InChI is InChI=1S/C9H12BrNO2S2/c1-6-8(4-9(10)14-6)15(12,13)11-5-7-2-3-7/h4,7,11H,2-3,5H2,1H3. The SMILES string of the molecule is Cc1sc(Br)cc1S(=O)(=O)NCC1CC1. The summed E-state index contributed by atoms with van der Waals surface area (Å²) in [4.78, 5) is 1.23. The van der Waals surface area contributed by atoms with Crippen LogP contribution in [0.3, 0.4) is 0 Å². The second-order valence-electron chi connectivity index (χ2n) is 3.77. The van der Waals surface area contributed by atoms with Gasteiger partial charge in [-0.2, -0.15) is 0 Å². The average Bonchev–Trinajstić information content (AvgIpc) is 2.89. The topological polar surface area (TPSA) is 46.2 Å². The Bertz CT molecular complexity index is 462. The summed E-state index contributed by atoms with van der Waals surface area (Å²) in [7, 11) is -3.29. The van der Waals surface area contributed by atoms with E-state index in [1.807, 2.05) is 6.92 Å². The van der Waals surface area contributed by atoms with Gasteiger partial charge < -0.3 is 0 Å². The first-order valence-electron chi connectivity index (χ1n) is 4.74. The summed E-state index contributed by atoms with van der Waals surface area (Å²) in [6, 6.07) is 1.66. The van der Waals surface area contributed by atoms with Crippen LogP contribution >= 0.6 is 27.3 Å². The maximum absolute atomic E-state index is 11.9. The van der Waals surface area contributed by atoms with Crippen LogP contribution in [0.2, 0.25) is 0 Å². The number of halogens is 1. The molecule has 0 aromatic carbocycles. The van der Waals surface area contributed by atoms with Gasteiger partial charge in [0.2, 0.25) is 10.0 Å². The van der Waals surface area contributed by atoms with Crippen LogP contribution in [0.5, 0.6) is 0 Å². The lowest BCUT2D eigenvalue weighted by molar-refractivity contribution is 0.577. The van der Waals surface area contributed by atoms with Crippen molar-refractivity contribution >= 4 is 37.3 Å². The Morgan fingerprint density at radius 3 is 2.73 bits per heavy atom. The first-order chi connectivity index (χ1) is 6.99. The Morgan fingerprint density at radius 2 is 2.27 bits per heavy atom. The van der Waals surface area contributed by atoms with Gasteiger partial charge in [0.15, 0.2) is 0 Å². The van der Waals surface area contributed by atoms with Crippen molar-refractivity contribution in [1.29, 1.82) is 0 Å². The molecule has 0 spiro atoms. The zero-order chi connectivity index (χ0) is 11.1. The summed E-state index contributed by atoms with van der Waals surface area (Å²) in [6.45, 7) is 2.40. The maximum atomic E-state index is 11.9. The lowest BCUT2D eigenvalue weighted by Gasteiger charge is -2.04. The fourth-order valence-corrected chi connectivity index (χ4v) is 4.85. The number of hydrogen-bond donors (Lipinski definition) is 1. The molecule has 1 aliphatic rings. The zero-order valence-electron chi connectivity index (χ0n) is 8.29. The van der Waals surface area contributed by atoms with E-state index in [9.17, 15) is 8.42 Å². The molecule has 1 aliphatic carbocycles. The molecule has 15 heavy (non-hydrogen) atoms. The third-order valence-electron chi connectivity index (χ3n) is 2.39. The Hall–Kier alpha value is 0.0900. The van der Waals surface area contributed by atoms with Gasteiger partial charge in [-0.05, 0) is 47.7 Å². The number of hydrogen-bond acceptors (Lipinski definition) is 3. The highest BCUT2D eigenvalue weighted by Gasteiger charge is 2.25. The molecular weight excluding hydrogens is 298 g/mol. The van der Waals surface area contributed by atoms with Crippen molar-refractivity contribution in [3.05, 3.63) is 14.7 Å². The molecule has 2 rings (SSSR count). The highest BCUT2D eigenvalue weighted by molar-refractivity contribution is 9.11. The van der Waals surface area contributed by atoms with E-state index in [-0.39, 0.29) is 0 Å². The molecule has 1 aromatic rings. The van der Waals surface area contributed by atoms with Crippen molar-refractivity contribution in [2.24, 2.45) is 5.92 Å².